The molecule has 4 N–H and O–H groups in total. The number of primary amides is 1. The van der Waals surface area contributed by atoms with Crippen LogP contribution in [0.15, 0.2) is 18.3 Å². The number of nitrogens with two attached hydrogens (primary N) is 1. The number of carbonyl (C=O) groups excluding carboxylic acids is 1. The first-order valence-electron chi connectivity index (χ1n) is 12.1. The maximum Gasteiger partial charge on any atom is 0.224 e. The van der Waals surface area contributed by atoms with Gasteiger partial charge in [-0.1, -0.05) is 6.92 Å². The van der Waals surface area contributed by atoms with Gasteiger partial charge in [0, 0.05) is 36.7 Å². The van der Waals surface area contributed by atoms with Gasteiger partial charge in [-0.3, -0.25) is 9.36 Å². The Kier molecular flexibility index (Phi) is 6.69. The van der Waals surface area contributed by atoms with E-state index in [4.69, 9.17) is 15.5 Å². The third-order valence-corrected chi connectivity index (χ3v) is 7.10. The number of fused-ring (bicyclic) bond motifs is 1. The zero-order valence-corrected chi connectivity index (χ0v) is 19.8. The van der Waals surface area contributed by atoms with Crippen LogP contribution in [0, 0.1) is 29.3 Å². The number of ether oxygens (including phenoxy) is 1. The smallest absolute Gasteiger partial charge is 0.224 e. The molecule has 0 bridgehead atoms. The Hall–Kier alpha value is -3.41. The van der Waals surface area contributed by atoms with Crippen LogP contribution in [-0.4, -0.2) is 44.7 Å². The summed E-state index contributed by atoms with van der Waals surface area (Å²) in [6.07, 6.45) is 4.73. The zero-order chi connectivity index (χ0) is 25.4. The summed E-state index contributed by atoms with van der Waals surface area (Å²) in [5, 5.41) is 6.08. The maximum absolute atomic E-state index is 14.4. The van der Waals surface area contributed by atoms with Gasteiger partial charge < -0.3 is 21.1 Å². The van der Waals surface area contributed by atoms with Gasteiger partial charge in [0.25, 0.3) is 0 Å². The van der Waals surface area contributed by atoms with Crippen LogP contribution in [0.25, 0.3) is 11.2 Å². The van der Waals surface area contributed by atoms with E-state index in [1.165, 1.54) is 0 Å². The summed E-state index contributed by atoms with van der Waals surface area (Å²) in [6.45, 7) is 3.38. The van der Waals surface area contributed by atoms with E-state index in [0.29, 0.717) is 68.1 Å². The fourth-order valence-corrected chi connectivity index (χ4v) is 5.05. The highest BCUT2D eigenvalue weighted by Crippen LogP contribution is 2.37. The highest BCUT2D eigenvalue weighted by Gasteiger charge is 2.30. The lowest BCUT2D eigenvalue weighted by molar-refractivity contribution is -0.122. The number of rotatable bonds is 6. The molecule has 1 saturated carbocycles. The Balaban J connectivity index is 1.53. The minimum Gasteiger partial charge on any atom is -0.381 e. The maximum atomic E-state index is 14.4. The molecule has 2 atom stereocenters. The van der Waals surface area contributed by atoms with E-state index in [1.807, 2.05) is 0 Å². The van der Waals surface area contributed by atoms with Crippen LogP contribution in [0.5, 0.6) is 0 Å². The topological polar surface area (TPSA) is 120 Å². The molecule has 36 heavy (non-hydrogen) atoms. The number of hydrogen-bond acceptors (Lipinski definition) is 7. The van der Waals surface area contributed by atoms with Crippen molar-refractivity contribution in [2.24, 2.45) is 17.6 Å². The number of benzene rings is 1. The number of carbonyl (C=O) groups is 1. The fraction of sp³-hybridized carbons (Fsp3) is 0.500. The van der Waals surface area contributed by atoms with Gasteiger partial charge in [-0.2, -0.15) is 4.98 Å². The summed E-state index contributed by atoms with van der Waals surface area (Å²) in [5.41, 5.74) is 5.90. The van der Waals surface area contributed by atoms with Crippen molar-refractivity contribution in [1.82, 2.24) is 19.5 Å². The summed E-state index contributed by atoms with van der Waals surface area (Å²) < 4.78 is 49.6. The predicted octanol–water partition coefficient (Wildman–Crippen LogP) is 4.04. The third kappa shape index (κ3) is 4.81. The second-order valence-electron chi connectivity index (χ2n) is 9.58. The number of anilines is 3. The van der Waals surface area contributed by atoms with E-state index in [9.17, 15) is 18.0 Å². The van der Waals surface area contributed by atoms with Gasteiger partial charge in [0.1, 0.15) is 17.0 Å². The number of imidazole rings is 1. The second-order valence-corrected chi connectivity index (χ2v) is 9.58. The van der Waals surface area contributed by atoms with Crippen LogP contribution in [-0.2, 0) is 9.53 Å². The van der Waals surface area contributed by atoms with Gasteiger partial charge in [0.2, 0.25) is 17.8 Å². The first kappa shape index (κ1) is 24.3. The van der Waals surface area contributed by atoms with Crippen molar-refractivity contribution in [3.63, 3.8) is 0 Å². The average Bonchev–Trinajstić information content (AvgIpc) is 3.20. The molecular formula is C24H28F3N7O2. The molecule has 1 aliphatic carbocycles. The Morgan fingerprint density at radius 2 is 1.83 bits per heavy atom. The molecule has 0 spiro atoms. The molecule has 0 radical (unpaired) electrons. The van der Waals surface area contributed by atoms with E-state index >= 15 is 0 Å². The molecule has 1 aliphatic heterocycles. The van der Waals surface area contributed by atoms with Crippen molar-refractivity contribution < 1.29 is 22.7 Å². The van der Waals surface area contributed by atoms with Gasteiger partial charge in [-0.05, 0) is 38.0 Å². The molecule has 3 aromatic rings. The monoisotopic (exact) mass is 503 g/mol. The van der Waals surface area contributed by atoms with E-state index < -0.39 is 23.1 Å². The van der Waals surface area contributed by atoms with E-state index in [1.54, 1.807) is 10.8 Å². The van der Waals surface area contributed by atoms with E-state index in [0.717, 1.165) is 6.42 Å². The third-order valence-electron chi connectivity index (χ3n) is 7.10. The standard InChI is InChI=1S/C24H28F3N7O2/c1-12-11-36-7-6-18(12)30-23-29-10-19-22(33-23)34(15-4-2-13(3-5-15)21(28)35)24(31-19)32-20-16(26)8-14(25)9-17(20)27/h8-10,12-13,15,18H,2-7,11H2,1H3,(H2,28,35)(H,31,32)(H,29,30,33)/t12-,13?,15?,18-/m1/s1. The number of nitrogens with one attached hydrogen (secondary N) is 2. The van der Waals surface area contributed by atoms with E-state index in [-0.39, 0.29) is 35.8 Å². The highest BCUT2D eigenvalue weighted by molar-refractivity contribution is 5.78. The Labute approximate surface area is 205 Å². The van der Waals surface area contributed by atoms with Crippen LogP contribution in [0.4, 0.5) is 30.8 Å². The molecule has 2 fully saturated rings. The summed E-state index contributed by atoms with van der Waals surface area (Å²) in [5.74, 6) is -2.89. The molecule has 2 aliphatic rings. The summed E-state index contributed by atoms with van der Waals surface area (Å²) >= 11 is 0. The molecule has 9 nitrogen and oxygen atoms in total. The van der Waals surface area contributed by atoms with Crippen LogP contribution >= 0.6 is 0 Å². The lowest BCUT2D eigenvalue weighted by atomic mass is 9.85. The lowest BCUT2D eigenvalue weighted by Crippen LogP contribution is -2.36. The van der Waals surface area contributed by atoms with Crippen molar-refractivity contribution >= 4 is 34.7 Å². The molecule has 2 aromatic heterocycles. The molecule has 1 aromatic carbocycles. The van der Waals surface area contributed by atoms with Gasteiger partial charge in [0.15, 0.2) is 17.3 Å². The first-order valence-corrected chi connectivity index (χ1v) is 12.1. The van der Waals surface area contributed by atoms with E-state index in [2.05, 4.69) is 27.5 Å². The van der Waals surface area contributed by atoms with Gasteiger partial charge in [-0.25, -0.2) is 23.1 Å². The normalized spacial score (nSPS) is 24.6. The first-order chi connectivity index (χ1) is 17.3. The molecule has 3 heterocycles. The van der Waals surface area contributed by atoms with Crippen molar-refractivity contribution in [1.29, 1.82) is 0 Å². The highest BCUT2D eigenvalue weighted by atomic mass is 19.1. The van der Waals surface area contributed by atoms with Crippen LogP contribution < -0.4 is 16.4 Å². The fourth-order valence-electron chi connectivity index (χ4n) is 5.05. The SMILES string of the molecule is C[C@@H]1COCC[C@H]1Nc1ncc2nc(Nc3c(F)cc(F)cc3F)n(C3CCC(C(N)=O)CC3)c2n1. The molecule has 1 saturated heterocycles. The largest absolute Gasteiger partial charge is 0.381 e. The summed E-state index contributed by atoms with van der Waals surface area (Å²) in [6, 6.07) is 1.20. The second kappa shape index (κ2) is 9.92. The van der Waals surface area contributed by atoms with Crippen molar-refractivity contribution in [2.75, 3.05) is 23.8 Å². The predicted molar refractivity (Wildman–Crippen MR) is 127 cm³/mol. The molecule has 5 rings (SSSR count). The minimum atomic E-state index is -1.08. The van der Waals surface area contributed by atoms with Gasteiger partial charge in [0.05, 0.1) is 12.8 Å². The number of hydrogen-bond donors (Lipinski definition) is 3. The summed E-state index contributed by atoms with van der Waals surface area (Å²) in [7, 11) is 0. The van der Waals surface area contributed by atoms with Gasteiger partial charge >= 0.3 is 0 Å². The Bertz CT molecular complexity index is 1250. The van der Waals surface area contributed by atoms with Crippen molar-refractivity contribution in [3.05, 3.63) is 35.8 Å². The molecular weight excluding hydrogens is 475 g/mol. The van der Waals surface area contributed by atoms with Gasteiger partial charge in [-0.15, -0.1) is 0 Å². The molecule has 0 unspecified atom stereocenters. The van der Waals surface area contributed by atoms with Crippen LogP contribution in [0.2, 0.25) is 0 Å². The summed E-state index contributed by atoms with van der Waals surface area (Å²) in [4.78, 5) is 25.3. The number of aromatic nitrogens is 4. The Morgan fingerprint density at radius 1 is 1.11 bits per heavy atom. The Morgan fingerprint density at radius 3 is 2.50 bits per heavy atom. The van der Waals surface area contributed by atoms with Crippen molar-refractivity contribution in [2.45, 2.75) is 51.1 Å². The number of halogens is 3. The molecule has 12 heteroatoms. The zero-order valence-electron chi connectivity index (χ0n) is 19.8. The van der Waals surface area contributed by atoms with Crippen LogP contribution in [0.1, 0.15) is 45.1 Å². The minimum absolute atomic E-state index is 0.138. The molecule has 1 amide bonds. The quantitative estimate of drug-likeness (QED) is 0.464. The van der Waals surface area contributed by atoms with Crippen LogP contribution in [0.3, 0.4) is 0 Å². The lowest BCUT2D eigenvalue weighted by Gasteiger charge is -2.30. The van der Waals surface area contributed by atoms with Crippen molar-refractivity contribution in [3.8, 4) is 0 Å². The number of nitrogens with zero attached hydrogens (tertiary/aromatic N) is 4. The average molecular weight is 504 g/mol. The number of amides is 1. The molecule has 192 valence electrons.